The average Bonchev–Trinajstić information content (AvgIpc) is 2.33. The smallest absolute Gasteiger partial charge is 0.223 e. The molecule has 1 amide bonds. The van der Waals surface area contributed by atoms with Gasteiger partial charge in [0.15, 0.2) is 0 Å². The largest absolute Gasteiger partial charge is 0.356 e. The van der Waals surface area contributed by atoms with Crippen LogP contribution in [-0.4, -0.2) is 12.5 Å². The van der Waals surface area contributed by atoms with Gasteiger partial charge in [0, 0.05) is 12.5 Å². The summed E-state index contributed by atoms with van der Waals surface area (Å²) in [6, 6.07) is 0. The summed E-state index contributed by atoms with van der Waals surface area (Å²) in [5.41, 5.74) is 0.488. The molecule has 0 aromatic rings. The SMILES string of the molecule is O=C1NCC[C@@]23CCC[C@@H]2C[C@@H]13. The Kier molecular flexibility index (Phi) is 1.18. The topological polar surface area (TPSA) is 29.1 Å². The minimum Gasteiger partial charge on any atom is -0.356 e. The van der Waals surface area contributed by atoms with Crippen molar-refractivity contribution < 1.29 is 4.79 Å². The average molecular weight is 165 g/mol. The van der Waals surface area contributed by atoms with E-state index < -0.39 is 0 Å². The fourth-order valence-corrected chi connectivity index (χ4v) is 3.75. The molecule has 66 valence electrons. The Hall–Kier alpha value is -0.530. The van der Waals surface area contributed by atoms with Crippen molar-refractivity contribution in [1.82, 2.24) is 5.32 Å². The summed E-state index contributed by atoms with van der Waals surface area (Å²) < 4.78 is 0. The summed E-state index contributed by atoms with van der Waals surface area (Å²) in [6.07, 6.45) is 6.54. The molecule has 3 aliphatic rings. The van der Waals surface area contributed by atoms with Crippen LogP contribution in [0.15, 0.2) is 0 Å². The lowest BCUT2D eigenvalue weighted by Crippen LogP contribution is -2.58. The van der Waals surface area contributed by atoms with E-state index in [-0.39, 0.29) is 0 Å². The maximum absolute atomic E-state index is 11.5. The molecule has 3 fully saturated rings. The molecule has 1 N–H and O–H groups in total. The lowest BCUT2D eigenvalue weighted by molar-refractivity contribution is -0.148. The van der Waals surface area contributed by atoms with Gasteiger partial charge in [0.2, 0.25) is 5.91 Å². The van der Waals surface area contributed by atoms with Gasteiger partial charge in [-0.2, -0.15) is 0 Å². The van der Waals surface area contributed by atoms with E-state index in [1.807, 2.05) is 0 Å². The molecule has 0 unspecified atom stereocenters. The summed E-state index contributed by atoms with van der Waals surface area (Å²) in [5.74, 6) is 1.66. The zero-order valence-electron chi connectivity index (χ0n) is 7.31. The Bertz CT molecular complexity index is 238. The molecule has 0 radical (unpaired) electrons. The van der Waals surface area contributed by atoms with Crippen LogP contribution in [0.3, 0.4) is 0 Å². The van der Waals surface area contributed by atoms with Crippen LogP contribution in [-0.2, 0) is 4.79 Å². The number of nitrogens with one attached hydrogen (secondary N) is 1. The van der Waals surface area contributed by atoms with Crippen LogP contribution in [0.1, 0.15) is 32.1 Å². The third-order valence-corrected chi connectivity index (χ3v) is 4.43. The van der Waals surface area contributed by atoms with E-state index in [1.165, 1.54) is 32.1 Å². The Morgan fingerprint density at radius 3 is 3.17 bits per heavy atom. The molecule has 1 spiro atoms. The first-order chi connectivity index (χ1) is 5.83. The summed E-state index contributed by atoms with van der Waals surface area (Å²) >= 11 is 0. The predicted octanol–water partition coefficient (Wildman–Crippen LogP) is 1.31. The summed E-state index contributed by atoms with van der Waals surface area (Å²) in [7, 11) is 0. The molecule has 0 aromatic carbocycles. The van der Waals surface area contributed by atoms with Gasteiger partial charge in [-0.15, -0.1) is 0 Å². The van der Waals surface area contributed by atoms with Crippen molar-refractivity contribution in [2.45, 2.75) is 32.1 Å². The number of amides is 1. The molecule has 0 aromatic heterocycles. The number of rotatable bonds is 0. The molecule has 3 atom stereocenters. The minimum absolute atomic E-state index is 0.347. The van der Waals surface area contributed by atoms with Crippen molar-refractivity contribution >= 4 is 5.91 Å². The fraction of sp³-hybridized carbons (Fsp3) is 0.900. The standard InChI is InChI=1S/C10H15NO/c12-9-8-6-7-2-1-3-10(7,8)4-5-11-9/h7-8H,1-6H2,(H,11,12)/t7-,8+,10+/m1/s1. The van der Waals surface area contributed by atoms with Crippen molar-refractivity contribution in [2.24, 2.45) is 17.3 Å². The van der Waals surface area contributed by atoms with Gasteiger partial charge in [-0.1, -0.05) is 6.42 Å². The van der Waals surface area contributed by atoms with Crippen LogP contribution >= 0.6 is 0 Å². The van der Waals surface area contributed by atoms with E-state index in [2.05, 4.69) is 5.32 Å². The normalized spacial score (nSPS) is 50.5. The molecule has 0 bridgehead atoms. The first kappa shape index (κ1) is 6.93. The highest BCUT2D eigenvalue weighted by atomic mass is 16.2. The van der Waals surface area contributed by atoms with Crippen molar-refractivity contribution in [3.8, 4) is 0 Å². The predicted molar refractivity (Wildman–Crippen MR) is 45.5 cm³/mol. The number of piperidine rings is 1. The van der Waals surface area contributed by atoms with Gasteiger partial charge in [0.05, 0.1) is 0 Å². The number of hydrogen-bond acceptors (Lipinski definition) is 1. The molecular formula is C10H15NO. The minimum atomic E-state index is 0.347. The molecule has 2 aliphatic carbocycles. The maximum atomic E-state index is 11.5. The monoisotopic (exact) mass is 165 g/mol. The van der Waals surface area contributed by atoms with Crippen LogP contribution in [0.4, 0.5) is 0 Å². The number of carbonyl (C=O) groups is 1. The van der Waals surface area contributed by atoms with Crippen LogP contribution in [0.5, 0.6) is 0 Å². The van der Waals surface area contributed by atoms with Crippen molar-refractivity contribution in [3.63, 3.8) is 0 Å². The van der Waals surface area contributed by atoms with E-state index in [0.717, 1.165) is 12.5 Å². The van der Waals surface area contributed by atoms with Gasteiger partial charge in [0.1, 0.15) is 0 Å². The van der Waals surface area contributed by atoms with Gasteiger partial charge in [-0.3, -0.25) is 4.79 Å². The Labute approximate surface area is 72.7 Å². The number of carbonyl (C=O) groups excluding carboxylic acids is 1. The second kappa shape index (κ2) is 2.04. The van der Waals surface area contributed by atoms with Crippen LogP contribution in [0, 0.1) is 17.3 Å². The Morgan fingerprint density at radius 1 is 1.42 bits per heavy atom. The first-order valence-corrected chi connectivity index (χ1v) is 5.11. The van der Waals surface area contributed by atoms with E-state index in [9.17, 15) is 4.79 Å². The van der Waals surface area contributed by atoms with Crippen molar-refractivity contribution in [2.75, 3.05) is 6.54 Å². The van der Waals surface area contributed by atoms with Gasteiger partial charge in [0.25, 0.3) is 0 Å². The van der Waals surface area contributed by atoms with E-state index >= 15 is 0 Å². The highest BCUT2D eigenvalue weighted by molar-refractivity contribution is 5.81. The Morgan fingerprint density at radius 2 is 2.33 bits per heavy atom. The van der Waals surface area contributed by atoms with Crippen molar-refractivity contribution in [1.29, 1.82) is 0 Å². The van der Waals surface area contributed by atoms with E-state index in [0.29, 0.717) is 17.2 Å². The summed E-state index contributed by atoms with van der Waals surface area (Å²) in [6.45, 7) is 0.936. The quantitative estimate of drug-likeness (QED) is 0.576. The van der Waals surface area contributed by atoms with Crippen molar-refractivity contribution in [3.05, 3.63) is 0 Å². The maximum Gasteiger partial charge on any atom is 0.223 e. The molecule has 2 nitrogen and oxygen atoms in total. The third kappa shape index (κ3) is 0.606. The van der Waals surface area contributed by atoms with Crippen LogP contribution < -0.4 is 5.32 Å². The molecule has 2 saturated carbocycles. The van der Waals surface area contributed by atoms with E-state index in [1.54, 1.807) is 0 Å². The van der Waals surface area contributed by atoms with Gasteiger partial charge in [-0.05, 0) is 37.0 Å². The molecule has 2 heteroatoms. The molecule has 1 heterocycles. The molecule has 12 heavy (non-hydrogen) atoms. The van der Waals surface area contributed by atoms with E-state index in [4.69, 9.17) is 0 Å². The van der Waals surface area contributed by atoms with Gasteiger partial charge in [-0.25, -0.2) is 0 Å². The zero-order chi connectivity index (χ0) is 8.18. The van der Waals surface area contributed by atoms with Crippen LogP contribution in [0.2, 0.25) is 0 Å². The zero-order valence-corrected chi connectivity index (χ0v) is 7.31. The second-order valence-electron chi connectivity index (χ2n) is 4.65. The third-order valence-electron chi connectivity index (χ3n) is 4.43. The Balaban J connectivity index is 1.92. The number of hydrogen-bond donors (Lipinski definition) is 1. The molecule has 3 rings (SSSR count). The highest BCUT2D eigenvalue weighted by Gasteiger charge is 2.60. The molecule has 1 saturated heterocycles. The second-order valence-corrected chi connectivity index (χ2v) is 4.65. The first-order valence-electron chi connectivity index (χ1n) is 5.11. The van der Waals surface area contributed by atoms with Gasteiger partial charge >= 0.3 is 0 Å². The lowest BCUT2D eigenvalue weighted by Gasteiger charge is -2.54. The summed E-state index contributed by atoms with van der Waals surface area (Å²) in [4.78, 5) is 11.5. The fourth-order valence-electron chi connectivity index (χ4n) is 3.75. The molecule has 1 aliphatic heterocycles. The van der Waals surface area contributed by atoms with Crippen LogP contribution in [0.25, 0.3) is 0 Å². The summed E-state index contributed by atoms with van der Waals surface area (Å²) in [5, 5.41) is 2.98. The lowest BCUT2D eigenvalue weighted by atomic mass is 9.51. The highest BCUT2D eigenvalue weighted by Crippen LogP contribution is 2.63. The molecular weight excluding hydrogens is 150 g/mol. The van der Waals surface area contributed by atoms with Gasteiger partial charge < -0.3 is 5.32 Å².